The van der Waals surface area contributed by atoms with Crippen LogP contribution in [0.15, 0.2) is 18.2 Å². The van der Waals surface area contributed by atoms with E-state index in [0.29, 0.717) is 5.69 Å². The smallest absolute Gasteiger partial charge is 0.146 e. The minimum absolute atomic E-state index is 0.0310. The van der Waals surface area contributed by atoms with E-state index in [1.807, 2.05) is 32.1 Å². The number of rotatable bonds is 2. The number of allylic oxidation sites excluding steroid dienone is 1. The van der Waals surface area contributed by atoms with Crippen molar-refractivity contribution in [2.24, 2.45) is 0 Å². The van der Waals surface area contributed by atoms with E-state index in [0.717, 1.165) is 22.5 Å². The van der Waals surface area contributed by atoms with Crippen LogP contribution in [0.25, 0.3) is 11.8 Å². The Morgan fingerprint density at radius 3 is 2.12 bits per heavy atom. The SMILES string of the molecule is C/C=C\c1nn(-c2cc(C(C)(C)C)cc(C(C)(C)C)c2O)nc1C. The van der Waals surface area contributed by atoms with Crippen molar-refractivity contribution in [2.75, 3.05) is 0 Å². The molecular formula is C20H29N3O. The third kappa shape index (κ3) is 3.53. The zero-order chi connectivity index (χ0) is 18.3. The molecule has 1 aromatic carbocycles. The van der Waals surface area contributed by atoms with Gasteiger partial charge in [0.25, 0.3) is 0 Å². The molecule has 0 atom stereocenters. The summed E-state index contributed by atoms with van der Waals surface area (Å²) in [5.74, 6) is 0.248. The van der Waals surface area contributed by atoms with Gasteiger partial charge in [0.2, 0.25) is 0 Å². The van der Waals surface area contributed by atoms with Crippen molar-refractivity contribution in [2.45, 2.75) is 66.2 Å². The van der Waals surface area contributed by atoms with Crippen LogP contribution in [0.4, 0.5) is 0 Å². The van der Waals surface area contributed by atoms with Gasteiger partial charge >= 0.3 is 0 Å². The molecule has 2 rings (SSSR count). The normalized spacial score (nSPS) is 13.0. The maximum Gasteiger partial charge on any atom is 0.146 e. The minimum Gasteiger partial charge on any atom is -0.505 e. The highest BCUT2D eigenvalue weighted by molar-refractivity contribution is 5.56. The Bertz CT molecular complexity index is 771. The van der Waals surface area contributed by atoms with Crippen LogP contribution in [0.2, 0.25) is 0 Å². The molecule has 0 fully saturated rings. The molecule has 1 heterocycles. The molecule has 0 saturated carbocycles. The van der Waals surface area contributed by atoms with Gasteiger partial charge in [-0.25, -0.2) is 0 Å². The largest absolute Gasteiger partial charge is 0.505 e. The van der Waals surface area contributed by atoms with Crippen LogP contribution in [0.5, 0.6) is 5.75 Å². The highest BCUT2D eigenvalue weighted by Crippen LogP contribution is 2.39. The average molecular weight is 327 g/mol. The van der Waals surface area contributed by atoms with Gasteiger partial charge in [0.05, 0.1) is 5.69 Å². The Morgan fingerprint density at radius 1 is 1.00 bits per heavy atom. The Hall–Kier alpha value is -2.10. The van der Waals surface area contributed by atoms with Crippen molar-refractivity contribution < 1.29 is 5.11 Å². The zero-order valence-electron chi connectivity index (χ0n) is 16.1. The van der Waals surface area contributed by atoms with Gasteiger partial charge in [-0.1, -0.05) is 53.7 Å². The molecule has 0 bridgehead atoms. The summed E-state index contributed by atoms with van der Waals surface area (Å²) < 4.78 is 0. The van der Waals surface area contributed by atoms with Gasteiger partial charge in [0, 0.05) is 5.56 Å². The summed E-state index contributed by atoms with van der Waals surface area (Å²) in [6.45, 7) is 16.7. The number of aromatic nitrogens is 3. The maximum absolute atomic E-state index is 10.9. The molecule has 4 nitrogen and oxygen atoms in total. The molecule has 0 unspecified atom stereocenters. The summed E-state index contributed by atoms with van der Waals surface area (Å²) in [5, 5.41) is 19.9. The summed E-state index contributed by atoms with van der Waals surface area (Å²) in [6, 6.07) is 4.09. The minimum atomic E-state index is -0.172. The Kier molecular flexibility index (Phi) is 4.62. The lowest BCUT2D eigenvalue weighted by atomic mass is 9.80. The van der Waals surface area contributed by atoms with Crippen LogP contribution >= 0.6 is 0 Å². The van der Waals surface area contributed by atoms with E-state index in [9.17, 15) is 5.11 Å². The first-order chi connectivity index (χ1) is 10.9. The Morgan fingerprint density at radius 2 is 1.62 bits per heavy atom. The molecule has 0 aliphatic heterocycles. The maximum atomic E-state index is 10.9. The first-order valence-electron chi connectivity index (χ1n) is 8.40. The van der Waals surface area contributed by atoms with Crippen LogP contribution < -0.4 is 0 Å². The van der Waals surface area contributed by atoms with E-state index in [2.05, 4.69) is 57.8 Å². The molecule has 4 heteroatoms. The fraction of sp³-hybridized carbons (Fsp3) is 0.500. The van der Waals surface area contributed by atoms with Crippen LogP contribution in [0.1, 0.15) is 71.0 Å². The number of aromatic hydroxyl groups is 1. The van der Waals surface area contributed by atoms with Crippen LogP contribution in [0.3, 0.4) is 0 Å². The quantitative estimate of drug-likeness (QED) is 0.852. The molecule has 1 aromatic heterocycles. The lowest BCUT2D eigenvalue weighted by molar-refractivity contribution is 0.438. The van der Waals surface area contributed by atoms with Crippen molar-refractivity contribution >= 4 is 6.08 Å². The standard InChI is InChI=1S/C20H29N3O/c1-9-10-16-13(2)21-23(22-16)17-12-14(19(3,4)5)11-15(18(17)24)20(6,7)8/h9-12,24H,1-8H3/b10-9-. The third-order valence-electron chi connectivity index (χ3n) is 4.12. The highest BCUT2D eigenvalue weighted by atomic mass is 16.3. The summed E-state index contributed by atoms with van der Waals surface area (Å²) in [7, 11) is 0. The molecule has 0 spiro atoms. The van der Waals surface area contributed by atoms with Crippen molar-refractivity contribution in [3.63, 3.8) is 0 Å². The predicted octanol–water partition coefficient (Wildman–Crippen LogP) is 4.91. The van der Waals surface area contributed by atoms with E-state index >= 15 is 0 Å². The number of benzene rings is 1. The summed E-state index contributed by atoms with van der Waals surface area (Å²) in [5.41, 5.74) is 4.15. The summed E-state index contributed by atoms with van der Waals surface area (Å²) >= 11 is 0. The molecule has 2 aromatic rings. The number of nitrogens with zero attached hydrogens (tertiary/aromatic N) is 3. The van der Waals surface area contributed by atoms with Crippen molar-refractivity contribution in [3.05, 3.63) is 40.7 Å². The van der Waals surface area contributed by atoms with Gasteiger partial charge in [-0.15, -0.1) is 9.90 Å². The molecule has 0 amide bonds. The topological polar surface area (TPSA) is 50.9 Å². The van der Waals surface area contributed by atoms with E-state index in [4.69, 9.17) is 0 Å². The highest BCUT2D eigenvalue weighted by Gasteiger charge is 2.26. The molecule has 1 N–H and O–H groups in total. The third-order valence-corrected chi connectivity index (χ3v) is 4.12. The number of hydrogen-bond acceptors (Lipinski definition) is 3. The lowest BCUT2D eigenvalue weighted by Crippen LogP contribution is -2.18. The lowest BCUT2D eigenvalue weighted by Gasteiger charge is -2.27. The molecule has 0 aliphatic carbocycles. The fourth-order valence-corrected chi connectivity index (χ4v) is 2.59. The Balaban J connectivity index is 2.75. The molecule has 130 valence electrons. The number of phenols is 1. The summed E-state index contributed by atoms with van der Waals surface area (Å²) in [4.78, 5) is 1.55. The van der Waals surface area contributed by atoms with Gasteiger partial charge in [-0.2, -0.15) is 5.10 Å². The average Bonchev–Trinajstić information content (AvgIpc) is 2.78. The first-order valence-corrected chi connectivity index (χ1v) is 8.40. The number of hydrogen-bond donors (Lipinski definition) is 1. The predicted molar refractivity (Wildman–Crippen MR) is 99.9 cm³/mol. The van der Waals surface area contributed by atoms with Crippen molar-refractivity contribution in [1.82, 2.24) is 15.0 Å². The van der Waals surface area contributed by atoms with Crippen LogP contribution in [0, 0.1) is 6.92 Å². The molecule has 0 aliphatic rings. The molecule has 0 radical (unpaired) electrons. The second kappa shape index (κ2) is 6.08. The summed E-state index contributed by atoms with van der Waals surface area (Å²) in [6.07, 6.45) is 3.86. The first kappa shape index (κ1) is 18.2. The van der Waals surface area contributed by atoms with Crippen LogP contribution in [-0.2, 0) is 10.8 Å². The van der Waals surface area contributed by atoms with Crippen molar-refractivity contribution in [1.29, 1.82) is 0 Å². The Labute approximate surface area is 145 Å². The second-order valence-electron chi connectivity index (χ2n) is 8.35. The molecular weight excluding hydrogens is 298 g/mol. The number of phenolic OH excluding ortho intramolecular Hbond substituents is 1. The monoisotopic (exact) mass is 327 g/mol. The zero-order valence-corrected chi connectivity index (χ0v) is 16.1. The fourth-order valence-electron chi connectivity index (χ4n) is 2.59. The van der Waals surface area contributed by atoms with Gasteiger partial charge in [-0.3, -0.25) is 0 Å². The van der Waals surface area contributed by atoms with E-state index in [-0.39, 0.29) is 16.6 Å². The molecule has 0 saturated heterocycles. The van der Waals surface area contributed by atoms with Gasteiger partial charge in [0.1, 0.15) is 17.1 Å². The van der Waals surface area contributed by atoms with Gasteiger partial charge in [-0.05, 0) is 42.4 Å². The van der Waals surface area contributed by atoms with E-state index in [1.54, 1.807) is 4.80 Å². The van der Waals surface area contributed by atoms with Gasteiger partial charge < -0.3 is 5.11 Å². The number of aryl methyl sites for hydroxylation is 1. The van der Waals surface area contributed by atoms with Crippen LogP contribution in [-0.4, -0.2) is 20.1 Å². The van der Waals surface area contributed by atoms with E-state index in [1.165, 1.54) is 0 Å². The van der Waals surface area contributed by atoms with Gasteiger partial charge in [0.15, 0.2) is 0 Å². The van der Waals surface area contributed by atoms with E-state index < -0.39 is 0 Å². The molecule has 24 heavy (non-hydrogen) atoms. The second-order valence-corrected chi connectivity index (χ2v) is 8.35. The van der Waals surface area contributed by atoms with Crippen molar-refractivity contribution in [3.8, 4) is 11.4 Å².